The summed E-state index contributed by atoms with van der Waals surface area (Å²) in [5, 5.41) is 0. The number of rotatable bonds is 6. The largest absolute Gasteiger partial charge is 0.493 e. The van der Waals surface area contributed by atoms with Gasteiger partial charge in [0.15, 0.2) is 0 Å². The molecule has 2 nitrogen and oxygen atoms in total. The average molecular weight is 219 g/mol. The van der Waals surface area contributed by atoms with Crippen molar-refractivity contribution < 1.29 is 4.74 Å². The van der Waals surface area contributed by atoms with Gasteiger partial charge >= 0.3 is 0 Å². The lowest BCUT2D eigenvalue weighted by Crippen LogP contribution is -2.08. The van der Waals surface area contributed by atoms with E-state index in [0.717, 1.165) is 29.7 Å². The van der Waals surface area contributed by atoms with Crippen LogP contribution in [-0.4, -0.2) is 6.61 Å². The summed E-state index contributed by atoms with van der Waals surface area (Å²) in [5.74, 6) is 0.897. The molecule has 16 heavy (non-hydrogen) atoms. The fourth-order valence-electron chi connectivity index (χ4n) is 1.39. The van der Waals surface area contributed by atoms with Crippen molar-refractivity contribution in [3.63, 3.8) is 0 Å². The molecule has 2 heteroatoms. The van der Waals surface area contributed by atoms with Gasteiger partial charge < -0.3 is 10.5 Å². The van der Waals surface area contributed by atoms with Gasteiger partial charge in [-0.15, -0.1) is 6.58 Å². The summed E-state index contributed by atoms with van der Waals surface area (Å²) in [5.41, 5.74) is 8.24. The Labute approximate surface area is 98.1 Å². The van der Waals surface area contributed by atoms with Gasteiger partial charge in [0.05, 0.1) is 6.61 Å². The molecule has 0 aliphatic carbocycles. The highest BCUT2D eigenvalue weighted by atomic mass is 16.5. The van der Waals surface area contributed by atoms with E-state index < -0.39 is 0 Å². The van der Waals surface area contributed by atoms with Crippen LogP contribution in [-0.2, 0) is 0 Å². The fraction of sp³-hybridized carbons (Fsp3) is 0.429. The van der Waals surface area contributed by atoms with Crippen LogP contribution in [0.25, 0.3) is 0 Å². The Morgan fingerprint density at radius 2 is 2.00 bits per heavy atom. The topological polar surface area (TPSA) is 35.2 Å². The Bertz CT molecular complexity index is 329. The van der Waals surface area contributed by atoms with Crippen molar-refractivity contribution in [3.05, 3.63) is 42.0 Å². The smallest absolute Gasteiger partial charge is 0.119 e. The Kier molecular flexibility index (Phi) is 5.06. The molecular formula is C14H21NO. The first kappa shape index (κ1) is 12.8. The molecule has 0 spiro atoms. The van der Waals surface area contributed by atoms with Gasteiger partial charge in [0.25, 0.3) is 0 Å². The molecule has 0 saturated heterocycles. The lowest BCUT2D eigenvalue weighted by atomic mass is 10.1. The third-order valence-corrected chi connectivity index (χ3v) is 2.55. The summed E-state index contributed by atoms with van der Waals surface area (Å²) in [7, 11) is 0. The second-order valence-electron chi connectivity index (χ2n) is 4.14. The van der Waals surface area contributed by atoms with Gasteiger partial charge in [-0.3, -0.25) is 0 Å². The van der Waals surface area contributed by atoms with Gasteiger partial charge in [0.1, 0.15) is 5.75 Å². The predicted molar refractivity (Wildman–Crippen MR) is 68.6 cm³/mol. The Morgan fingerprint density at radius 3 is 2.50 bits per heavy atom. The first-order valence-electron chi connectivity index (χ1n) is 5.76. The van der Waals surface area contributed by atoms with Crippen LogP contribution in [0, 0.1) is 0 Å². The highest BCUT2D eigenvalue weighted by molar-refractivity contribution is 5.29. The van der Waals surface area contributed by atoms with Crippen molar-refractivity contribution in [1.82, 2.24) is 0 Å². The van der Waals surface area contributed by atoms with Crippen LogP contribution < -0.4 is 10.5 Å². The number of ether oxygens (including phenoxy) is 1. The third-order valence-electron chi connectivity index (χ3n) is 2.55. The number of hydrogen-bond donors (Lipinski definition) is 1. The molecule has 1 aromatic rings. The molecular weight excluding hydrogens is 198 g/mol. The first-order chi connectivity index (χ1) is 7.63. The Morgan fingerprint density at radius 1 is 1.38 bits per heavy atom. The van der Waals surface area contributed by atoms with Gasteiger partial charge in [-0.2, -0.15) is 0 Å². The summed E-state index contributed by atoms with van der Waals surface area (Å²) in [4.78, 5) is 0. The first-order valence-corrected chi connectivity index (χ1v) is 5.76. The van der Waals surface area contributed by atoms with Gasteiger partial charge in [0.2, 0.25) is 0 Å². The van der Waals surface area contributed by atoms with Crippen molar-refractivity contribution in [2.75, 3.05) is 6.61 Å². The molecule has 0 aliphatic heterocycles. The SMILES string of the molecule is C=C(C)CCOc1ccc(C(N)CC)cc1. The minimum absolute atomic E-state index is 0.129. The van der Waals surface area contributed by atoms with E-state index in [0.29, 0.717) is 6.61 Å². The molecule has 0 fully saturated rings. The highest BCUT2D eigenvalue weighted by Crippen LogP contribution is 2.18. The van der Waals surface area contributed by atoms with Crippen LogP contribution in [0.5, 0.6) is 5.75 Å². The van der Waals surface area contributed by atoms with Crippen LogP contribution in [0.3, 0.4) is 0 Å². The van der Waals surface area contributed by atoms with Gasteiger partial charge in [0, 0.05) is 12.5 Å². The zero-order chi connectivity index (χ0) is 12.0. The third kappa shape index (κ3) is 4.07. The molecule has 0 amide bonds. The lowest BCUT2D eigenvalue weighted by molar-refractivity contribution is 0.321. The molecule has 2 N–H and O–H groups in total. The second-order valence-corrected chi connectivity index (χ2v) is 4.14. The molecule has 0 radical (unpaired) electrons. The number of hydrogen-bond acceptors (Lipinski definition) is 2. The maximum Gasteiger partial charge on any atom is 0.119 e. The van der Waals surface area contributed by atoms with E-state index in [9.17, 15) is 0 Å². The van der Waals surface area contributed by atoms with E-state index in [1.807, 2.05) is 31.2 Å². The zero-order valence-electron chi connectivity index (χ0n) is 10.2. The van der Waals surface area contributed by atoms with E-state index >= 15 is 0 Å². The number of benzene rings is 1. The molecule has 1 rings (SSSR count). The van der Waals surface area contributed by atoms with Gasteiger partial charge in [-0.1, -0.05) is 24.6 Å². The predicted octanol–water partition coefficient (Wildman–Crippen LogP) is 3.44. The van der Waals surface area contributed by atoms with Crippen molar-refractivity contribution in [3.8, 4) is 5.75 Å². The second kappa shape index (κ2) is 6.33. The number of nitrogens with two attached hydrogens (primary N) is 1. The molecule has 88 valence electrons. The van der Waals surface area contributed by atoms with Crippen LogP contribution >= 0.6 is 0 Å². The molecule has 1 aromatic carbocycles. The Balaban J connectivity index is 2.48. The summed E-state index contributed by atoms with van der Waals surface area (Å²) in [6.07, 6.45) is 1.85. The van der Waals surface area contributed by atoms with Crippen molar-refractivity contribution in [1.29, 1.82) is 0 Å². The Hall–Kier alpha value is -1.28. The van der Waals surface area contributed by atoms with Gasteiger partial charge in [-0.25, -0.2) is 0 Å². The lowest BCUT2D eigenvalue weighted by Gasteiger charge is -2.10. The summed E-state index contributed by atoms with van der Waals surface area (Å²) in [6.45, 7) is 8.62. The van der Waals surface area contributed by atoms with E-state index in [-0.39, 0.29) is 6.04 Å². The van der Waals surface area contributed by atoms with Crippen molar-refractivity contribution in [2.45, 2.75) is 32.7 Å². The summed E-state index contributed by atoms with van der Waals surface area (Å²) >= 11 is 0. The van der Waals surface area contributed by atoms with Crippen molar-refractivity contribution in [2.24, 2.45) is 5.73 Å². The standard InChI is InChI=1S/C14H21NO/c1-4-14(15)12-5-7-13(8-6-12)16-10-9-11(2)3/h5-8,14H,2,4,9-10,15H2,1,3H3. The average Bonchev–Trinajstić information content (AvgIpc) is 2.28. The highest BCUT2D eigenvalue weighted by Gasteiger charge is 2.02. The molecule has 0 bridgehead atoms. The normalized spacial score (nSPS) is 12.2. The van der Waals surface area contributed by atoms with Crippen molar-refractivity contribution >= 4 is 0 Å². The zero-order valence-corrected chi connectivity index (χ0v) is 10.2. The van der Waals surface area contributed by atoms with Crippen LogP contribution in [0.1, 0.15) is 38.3 Å². The fourth-order valence-corrected chi connectivity index (χ4v) is 1.39. The molecule has 0 aliphatic rings. The van der Waals surface area contributed by atoms with E-state index in [4.69, 9.17) is 10.5 Å². The van der Waals surface area contributed by atoms with E-state index in [2.05, 4.69) is 13.5 Å². The summed E-state index contributed by atoms with van der Waals surface area (Å²) in [6, 6.07) is 8.14. The molecule has 0 aromatic heterocycles. The quantitative estimate of drug-likeness (QED) is 0.744. The van der Waals surface area contributed by atoms with Crippen LogP contribution in [0.2, 0.25) is 0 Å². The van der Waals surface area contributed by atoms with E-state index in [1.54, 1.807) is 0 Å². The molecule has 1 atom stereocenters. The maximum atomic E-state index is 5.93. The van der Waals surface area contributed by atoms with Gasteiger partial charge in [-0.05, 0) is 31.0 Å². The molecule has 0 saturated carbocycles. The monoisotopic (exact) mass is 219 g/mol. The van der Waals surface area contributed by atoms with Crippen LogP contribution in [0.4, 0.5) is 0 Å². The maximum absolute atomic E-state index is 5.93. The minimum atomic E-state index is 0.129. The van der Waals surface area contributed by atoms with E-state index in [1.165, 1.54) is 0 Å². The minimum Gasteiger partial charge on any atom is -0.493 e. The summed E-state index contributed by atoms with van der Waals surface area (Å²) < 4.78 is 5.58. The van der Waals surface area contributed by atoms with Crippen LogP contribution in [0.15, 0.2) is 36.4 Å². The molecule has 1 unspecified atom stereocenters. The molecule has 0 heterocycles.